The molecular weight excluding hydrogens is 445 g/mol. The third kappa shape index (κ3) is 9.79. The largest absolute Gasteiger partial charge is 0.446 e. The van der Waals surface area contributed by atoms with Crippen molar-refractivity contribution in [3.8, 4) is 11.4 Å². The fraction of sp³-hybridized carbons (Fsp3) is 0.577. The second kappa shape index (κ2) is 14.7. The van der Waals surface area contributed by atoms with E-state index in [0.717, 1.165) is 24.8 Å². The predicted octanol–water partition coefficient (Wildman–Crippen LogP) is 6.95. The molecule has 0 saturated heterocycles. The van der Waals surface area contributed by atoms with Crippen molar-refractivity contribution in [2.75, 3.05) is 13.2 Å². The Bertz CT molecular complexity index is 840. The van der Waals surface area contributed by atoms with Crippen molar-refractivity contribution in [1.82, 2.24) is 9.97 Å². The van der Waals surface area contributed by atoms with Crippen LogP contribution in [-0.4, -0.2) is 41.4 Å². The summed E-state index contributed by atoms with van der Waals surface area (Å²) in [5, 5.41) is 0. The number of carbonyl (C=O) groups is 1. The summed E-state index contributed by atoms with van der Waals surface area (Å²) < 4.78 is 49.2. The lowest BCUT2D eigenvalue weighted by atomic mass is 10.0. The first-order chi connectivity index (χ1) is 16.3. The zero-order chi connectivity index (χ0) is 24.8. The molecule has 0 saturated carbocycles. The molecule has 0 N–H and O–H groups in total. The monoisotopic (exact) mass is 480 g/mol. The van der Waals surface area contributed by atoms with Crippen molar-refractivity contribution in [2.24, 2.45) is 0 Å². The molecule has 188 valence electrons. The quantitative estimate of drug-likeness (QED) is 0.204. The zero-order valence-corrected chi connectivity index (χ0v) is 20.1. The highest BCUT2D eigenvalue weighted by molar-refractivity contribution is 5.89. The highest BCUT2D eigenvalue weighted by Gasteiger charge is 2.43. The van der Waals surface area contributed by atoms with E-state index in [9.17, 15) is 18.0 Å². The first kappa shape index (κ1) is 27.8. The number of aryl methyl sites for hydroxylation is 1. The van der Waals surface area contributed by atoms with Crippen molar-refractivity contribution >= 4 is 5.97 Å². The van der Waals surface area contributed by atoms with Crippen molar-refractivity contribution in [3.63, 3.8) is 0 Å². The molecule has 1 heterocycles. The van der Waals surface area contributed by atoms with Crippen LogP contribution in [-0.2, 0) is 15.9 Å². The number of alkyl halides is 3. The SMILES string of the molecule is CCCCCCCCc1ccc(-c2ncc(C(=O)OC(COCCCC)C(F)(F)F)cn2)cc1. The molecule has 0 amide bonds. The molecule has 2 rings (SSSR count). The van der Waals surface area contributed by atoms with Gasteiger partial charge in [0.2, 0.25) is 6.10 Å². The number of benzene rings is 1. The molecule has 1 aromatic heterocycles. The molecule has 34 heavy (non-hydrogen) atoms. The van der Waals surface area contributed by atoms with Crippen LogP contribution in [0.2, 0.25) is 0 Å². The molecular formula is C26H35F3N2O3. The summed E-state index contributed by atoms with van der Waals surface area (Å²) in [4.78, 5) is 20.5. The number of nitrogens with zero attached hydrogens (tertiary/aromatic N) is 2. The maximum Gasteiger partial charge on any atom is 0.427 e. The predicted molar refractivity (Wildman–Crippen MR) is 126 cm³/mol. The van der Waals surface area contributed by atoms with Gasteiger partial charge < -0.3 is 9.47 Å². The number of carbonyl (C=O) groups excluding carboxylic acids is 1. The Morgan fingerprint density at radius 1 is 0.912 bits per heavy atom. The lowest BCUT2D eigenvalue weighted by Crippen LogP contribution is -2.38. The Kier molecular flexibility index (Phi) is 12.0. The van der Waals surface area contributed by atoms with E-state index in [-0.39, 0.29) is 12.2 Å². The number of rotatable bonds is 15. The van der Waals surface area contributed by atoms with Gasteiger partial charge in [-0.05, 0) is 24.8 Å². The number of ether oxygens (including phenoxy) is 2. The summed E-state index contributed by atoms with van der Waals surface area (Å²) in [7, 11) is 0. The lowest BCUT2D eigenvalue weighted by Gasteiger charge is -2.20. The van der Waals surface area contributed by atoms with E-state index in [4.69, 9.17) is 4.74 Å². The van der Waals surface area contributed by atoms with Crippen molar-refractivity contribution in [2.45, 2.75) is 83.9 Å². The molecule has 0 spiro atoms. The van der Waals surface area contributed by atoms with Crippen LogP contribution < -0.4 is 0 Å². The molecule has 1 aromatic carbocycles. The number of halogens is 3. The van der Waals surface area contributed by atoms with Crippen molar-refractivity contribution in [3.05, 3.63) is 47.8 Å². The van der Waals surface area contributed by atoms with Gasteiger partial charge in [0.15, 0.2) is 5.82 Å². The number of hydrogen-bond acceptors (Lipinski definition) is 5. The van der Waals surface area contributed by atoms with Crippen LogP contribution in [0.1, 0.15) is 81.1 Å². The molecule has 0 bridgehead atoms. The van der Waals surface area contributed by atoms with Gasteiger partial charge >= 0.3 is 12.1 Å². The van der Waals surface area contributed by atoms with Crippen molar-refractivity contribution < 1.29 is 27.4 Å². The van der Waals surface area contributed by atoms with Gasteiger partial charge in [-0.3, -0.25) is 0 Å². The van der Waals surface area contributed by atoms with Gasteiger partial charge in [-0.25, -0.2) is 14.8 Å². The first-order valence-corrected chi connectivity index (χ1v) is 12.1. The van der Waals surface area contributed by atoms with Crippen LogP contribution in [0.4, 0.5) is 13.2 Å². The third-order valence-electron chi connectivity index (χ3n) is 5.44. The summed E-state index contributed by atoms with van der Waals surface area (Å²) in [6.07, 6.45) is 5.22. The summed E-state index contributed by atoms with van der Waals surface area (Å²) in [5.74, 6) is -0.750. The zero-order valence-electron chi connectivity index (χ0n) is 20.1. The van der Waals surface area contributed by atoms with Gasteiger partial charge in [0, 0.05) is 24.6 Å². The maximum atomic E-state index is 13.2. The first-order valence-electron chi connectivity index (χ1n) is 12.1. The summed E-state index contributed by atoms with van der Waals surface area (Å²) in [6, 6.07) is 7.87. The fourth-order valence-electron chi connectivity index (χ4n) is 3.34. The Morgan fingerprint density at radius 3 is 2.15 bits per heavy atom. The summed E-state index contributed by atoms with van der Waals surface area (Å²) in [6.45, 7) is 3.55. The molecule has 5 nitrogen and oxygen atoms in total. The van der Waals surface area contributed by atoms with E-state index in [0.29, 0.717) is 12.2 Å². The summed E-state index contributed by atoms with van der Waals surface area (Å²) >= 11 is 0. The van der Waals surface area contributed by atoms with Crippen LogP contribution >= 0.6 is 0 Å². The summed E-state index contributed by atoms with van der Waals surface area (Å²) in [5.41, 5.74) is 1.86. The minimum absolute atomic E-state index is 0.147. The van der Waals surface area contributed by atoms with E-state index >= 15 is 0 Å². The topological polar surface area (TPSA) is 61.3 Å². The molecule has 0 aliphatic rings. The molecule has 0 radical (unpaired) electrons. The molecule has 0 aliphatic heterocycles. The lowest BCUT2D eigenvalue weighted by molar-refractivity contribution is -0.217. The normalized spacial score (nSPS) is 12.5. The average Bonchev–Trinajstić information content (AvgIpc) is 2.83. The van der Waals surface area contributed by atoms with Crippen LogP contribution in [0.15, 0.2) is 36.7 Å². The van der Waals surface area contributed by atoms with Crippen LogP contribution in [0.25, 0.3) is 11.4 Å². The van der Waals surface area contributed by atoms with Gasteiger partial charge in [-0.1, -0.05) is 76.6 Å². The second-order valence-corrected chi connectivity index (χ2v) is 8.37. The second-order valence-electron chi connectivity index (χ2n) is 8.37. The number of hydrogen-bond donors (Lipinski definition) is 0. The van der Waals surface area contributed by atoms with E-state index in [2.05, 4.69) is 21.6 Å². The van der Waals surface area contributed by atoms with E-state index < -0.39 is 24.9 Å². The van der Waals surface area contributed by atoms with E-state index in [1.54, 1.807) is 0 Å². The van der Waals surface area contributed by atoms with Crippen LogP contribution in [0.3, 0.4) is 0 Å². The van der Waals surface area contributed by atoms with Gasteiger partial charge in [0.05, 0.1) is 12.2 Å². The smallest absolute Gasteiger partial charge is 0.427 e. The number of esters is 1. The highest BCUT2D eigenvalue weighted by atomic mass is 19.4. The number of unbranched alkanes of at least 4 members (excludes halogenated alkanes) is 6. The molecule has 8 heteroatoms. The standard InChI is InChI=1S/C26H35F3N2O3/c1-3-5-7-8-9-10-11-20-12-14-21(15-13-20)24-30-17-22(18-31-24)25(32)34-23(26(27,28)29)19-33-16-6-4-2/h12-15,17-18,23H,3-11,16,19H2,1-2H3. The van der Waals surface area contributed by atoms with Gasteiger partial charge in [-0.2, -0.15) is 13.2 Å². The van der Waals surface area contributed by atoms with Gasteiger partial charge in [-0.15, -0.1) is 0 Å². The van der Waals surface area contributed by atoms with Crippen molar-refractivity contribution in [1.29, 1.82) is 0 Å². The van der Waals surface area contributed by atoms with Crippen LogP contribution in [0, 0.1) is 0 Å². The third-order valence-corrected chi connectivity index (χ3v) is 5.44. The Balaban J connectivity index is 1.90. The molecule has 1 atom stereocenters. The highest BCUT2D eigenvalue weighted by Crippen LogP contribution is 2.24. The maximum absolute atomic E-state index is 13.2. The minimum Gasteiger partial charge on any atom is -0.446 e. The Morgan fingerprint density at radius 2 is 1.53 bits per heavy atom. The Hall–Kier alpha value is -2.48. The van der Waals surface area contributed by atoms with E-state index in [1.165, 1.54) is 50.1 Å². The molecule has 0 fully saturated rings. The molecule has 0 aliphatic carbocycles. The van der Waals surface area contributed by atoms with Gasteiger partial charge in [0.25, 0.3) is 0 Å². The van der Waals surface area contributed by atoms with Gasteiger partial charge in [0.1, 0.15) is 0 Å². The Labute approximate surface area is 200 Å². The molecule has 1 unspecified atom stereocenters. The molecule has 2 aromatic rings. The average molecular weight is 481 g/mol. The number of aromatic nitrogens is 2. The van der Waals surface area contributed by atoms with Crippen LogP contribution in [0.5, 0.6) is 0 Å². The van der Waals surface area contributed by atoms with E-state index in [1.807, 2.05) is 31.2 Å². The minimum atomic E-state index is -4.72. The fourth-order valence-corrected chi connectivity index (χ4v) is 3.34.